The molecule has 1 aromatic heterocycles. The summed E-state index contributed by atoms with van der Waals surface area (Å²) in [5, 5.41) is 8.69. The summed E-state index contributed by atoms with van der Waals surface area (Å²) >= 11 is 6.85. The van der Waals surface area contributed by atoms with E-state index in [0.29, 0.717) is 0 Å². The Labute approximate surface area is 198 Å². The third-order valence-electron chi connectivity index (χ3n) is 5.90. The molecule has 0 spiro atoms. The van der Waals surface area contributed by atoms with Crippen molar-refractivity contribution in [2.75, 3.05) is 32.7 Å². The SMILES string of the molecule is ClC1CCCN1[P+](On1nnc2ccccc21)(N1CCCC1)N1CCCC1.F[P-](F)(F)(F)(F)F. The van der Waals surface area contributed by atoms with E-state index in [1.165, 1.54) is 25.7 Å². The van der Waals surface area contributed by atoms with Gasteiger partial charge in [0.1, 0.15) is 16.5 Å². The Morgan fingerprint density at radius 3 is 1.88 bits per heavy atom. The average Bonchev–Trinajstić information content (AvgIpc) is 3.51. The second kappa shape index (κ2) is 8.85. The van der Waals surface area contributed by atoms with E-state index in [-0.39, 0.29) is 5.50 Å². The van der Waals surface area contributed by atoms with Crippen LogP contribution in [0.25, 0.3) is 11.0 Å². The van der Waals surface area contributed by atoms with Crippen LogP contribution in [0.4, 0.5) is 25.2 Å². The number of aromatic nitrogens is 3. The maximum atomic E-state index is 9.87. The third kappa shape index (κ3) is 6.42. The van der Waals surface area contributed by atoms with Crippen LogP contribution in [-0.2, 0) is 0 Å². The number of hydrogen-bond acceptors (Lipinski definition) is 6. The van der Waals surface area contributed by atoms with Crippen LogP contribution in [0.5, 0.6) is 0 Å². The van der Waals surface area contributed by atoms with Gasteiger partial charge in [-0.15, -0.1) is 26.0 Å². The van der Waals surface area contributed by atoms with Gasteiger partial charge in [0.15, 0.2) is 0 Å². The van der Waals surface area contributed by atoms with Gasteiger partial charge in [0.25, 0.3) is 0 Å². The van der Waals surface area contributed by atoms with Crippen LogP contribution in [0.1, 0.15) is 38.5 Å². The van der Waals surface area contributed by atoms with Gasteiger partial charge in [0, 0.05) is 32.7 Å². The topological polar surface area (TPSA) is 49.7 Å². The van der Waals surface area contributed by atoms with Crippen molar-refractivity contribution in [2.24, 2.45) is 0 Å². The van der Waals surface area contributed by atoms with E-state index in [4.69, 9.17) is 16.2 Å². The molecule has 3 saturated heterocycles. The van der Waals surface area contributed by atoms with Crippen LogP contribution in [0, 0.1) is 0 Å². The van der Waals surface area contributed by atoms with Crippen LogP contribution in [0.15, 0.2) is 24.3 Å². The molecule has 1 unspecified atom stereocenters. The fourth-order valence-corrected chi connectivity index (χ4v) is 9.27. The predicted molar refractivity (Wildman–Crippen MR) is 122 cm³/mol. The van der Waals surface area contributed by atoms with Crippen molar-refractivity contribution in [1.29, 1.82) is 0 Å². The van der Waals surface area contributed by atoms with Crippen molar-refractivity contribution in [1.82, 2.24) is 29.2 Å². The quantitative estimate of drug-likeness (QED) is 0.176. The van der Waals surface area contributed by atoms with E-state index in [0.717, 1.165) is 56.6 Å². The Bertz CT molecular complexity index is 973. The molecule has 3 aliphatic heterocycles. The number of nitrogens with zero attached hydrogens (tertiary/aromatic N) is 6. The number of fused-ring (bicyclic) bond motifs is 1. The van der Waals surface area contributed by atoms with Gasteiger partial charge in [-0.05, 0) is 60.7 Å². The molecular weight excluding hydrogens is 528 g/mol. The number of para-hydroxylation sites is 1. The molecule has 7 nitrogen and oxygen atoms in total. The fraction of sp³-hybridized carbons (Fsp3) is 0.667. The van der Waals surface area contributed by atoms with Crippen LogP contribution < -0.4 is 4.62 Å². The van der Waals surface area contributed by atoms with Crippen molar-refractivity contribution >= 4 is 38.4 Å². The van der Waals surface area contributed by atoms with Crippen molar-refractivity contribution in [3.8, 4) is 0 Å². The van der Waals surface area contributed by atoms with Gasteiger partial charge in [0.2, 0.25) is 0 Å². The molecule has 1 aromatic carbocycles. The van der Waals surface area contributed by atoms with E-state index >= 15 is 0 Å². The molecule has 3 aliphatic rings. The number of benzene rings is 1. The van der Waals surface area contributed by atoms with Gasteiger partial charge in [-0.1, -0.05) is 16.8 Å². The monoisotopic (exact) mass is 554 g/mol. The predicted octanol–water partition coefficient (Wildman–Crippen LogP) is 6.77. The van der Waals surface area contributed by atoms with E-state index in [1.54, 1.807) is 4.85 Å². The van der Waals surface area contributed by atoms with Gasteiger partial charge in [-0.25, -0.2) is 0 Å². The third-order valence-corrected chi connectivity index (χ3v) is 10.3. The number of hydrogen-bond donors (Lipinski definition) is 0. The minimum absolute atomic E-state index is 0.0225. The molecule has 4 heterocycles. The van der Waals surface area contributed by atoms with Crippen LogP contribution in [0.2, 0.25) is 0 Å². The molecule has 34 heavy (non-hydrogen) atoms. The molecular formula is C18H27ClF6N6OP2. The summed E-state index contributed by atoms with van der Waals surface area (Å²) in [6.45, 7) is 5.25. The molecule has 1 atom stereocenters. The molecule has 0 aliphatic carbocycles. The minimum atomic E-state index is -10.7. The zero-order valence-corrected chi connectivity index (χ0v) is 20.8. The van der Waals surface area contributed by atoms with Gasteiger partial charge in [-0.2, -0.15) is 4.62 Å². The number of rotatable bonds is 5. The first kappa shape index (κ1) is 26.1. The van der Waals surface area contributed by atoms with Gasteiger partial charge in [0.05, 0.1) is 0 Å². The molecule has 0 N–H and O–H groups in total. The Morgan fingerprint density at radius 1 is 0.853 bits per heavy atom. The molecule has 0 radical (unpaired) electrons. The summed E-state index contributed by atoms with van der Waals surface area (Å²) in [7, 11) is -12.9. The molecule has 194 valence electrons. The van der Waals surface area contributed by atoms with Crippen molar-refractivity contribution in [3.05, 3.63) is 24.3 Å². The summed E-state index contributed by atoms with van der Waals surface area (Å²) in [6.07, 6.45) is 7.02. The zero-order chi connectivity index (χ0) is 24.7. The summed E-state index contributed by atoms with van der Waals surface area (Å²) in [5.74, 6) is 0. The van der Waals surface area contributed by atoms with E-state index < -0.39 is 15.8 Å². The Kier molecular flexibility index (Phi) is 6.80. The summed E-state index contributed by atoms with van der Waals surface area (Å²) in [4.78, 5) is 1.67. The molecule has 5 rings (SSSR count). The second-order valence-electron chi connectivity index (χ2n) is 8.57. The first-order valence-electron chi connectivity index (χ1n) is 11.1. The van der Waals surface area contributed by atoms with E-state index in [1.807, 2.05) is 24.3 Å². The summed E-state index contributed by atoms with van der Waals surface area (Å²) in [6, 6.07) is 8.01. The van der Waals surface area contributed by atoms with Crippen molar-refractivity contribution < 1.29 is 29.8 Å². The molecule has 0 saturated carbocycles. The molecule has 0 bridgehead atoms. The molecule has 16 heteroatoms. The first-order valence-corrected chi connectivity index (χ1v) is 15.1. The number of halogens is 7. The van der Waals surface area contributed by atoms with E-state index in [9.17, 15) is 25.2 Å². The van der Waals surface area contributed by atoms with Crippen molar-refractivity contribution in [2.45, 2.75) is 44.0 Å². The number of alkyl halides is 1. The van der Waals surface area contributed by atoms with Crippen LogP contribution in [0.3, 0.4) is 0 Å². The molecule has 3 fully saturated rings. The summed E-state index contributed by atoms with van der Waals surface area (Å²) in [5.41, 5.74) is 1.81. The first-order chi connectivity index (χ1) is 15.7. The maximum absolute atomic E-state index is 10.7. The summed E-state index contributed by atoms with van der Waals surface area (Å²) < 4.78 is 73.7. The van der Waals surface area contributed by atoms with Crippen LogP contribution in [-0.4, -0.2) is 67.4 Å². The van der Waals surface area contributed by atoms with Crippen LogP contribution >= 0.6 is 27.4 Å². The zero-order valence-electron chi connectivity index (χ0n) is 18.3. The fourth-order valence-electron chi connectivity index (χ4n) is 4.59. The molecule has 0 amide bonds. The van der Waals surface area contributed by atoms with Gasteiger partial charge < -0.3 is 0 Å². The standard InChI is InChI=1S/C18H27ClN6OP.F6P/c19-18-10-7-15-24(18)27(22-11-3-4-12-22,23-13-5-6-14-23)26-25-17-9-2-1-8-16(17)20-21-25;1-7(2,3,4,5)6/h1-2,8-9,18H,3-7,10-15H2;/q+1;-1. The van der Waals surface area contributed by atoms with E-state index in [2.05, 4.69) is 24.3 Å². The normalized spacial score (nSPS) is 25.2. The Hall–Kier alpha value is -0.970. The molecule has 2 aromatic rings. The average molecular weight is 555 g/mol. The second-order valence-corrected chi connectivity index (χ2v) is 13.8. The Morgan fingerprint density at radius 2 is 1.38 bits per heavy atom. The van der Waals surface area contributed by atoms with Crippen molar-refractivity contribution in [3.63, 3.8) is 0 Å². The Balaban J connectivity index is 0.000000344. The van der Waals surface area contributed by atoms with Gasteiger partial charge in [-0.3, -0.25) is 0 Å². The van der Waals surface area contributed by atoms with Gasteiger partial charge >= 0.3 is 40.9 Å².